The molecule has 0 spiro atoms. The maximum atomic E-state index is 14.9. The summed E-state index contributed by atoms with van der Waals surface area (Å²) in [6.07, 6.45) is -2.43. The average Bonchev–Trinajstić information content (AvgIpc) is 3.31. The van der Waals surface area contributed by atoms with Crippen molar-refractivity contribution in [2.24, 2.45) is 0 Å². The molecule has 5 heterocycles. The number of pyridine rings is 1. The zero-order chi connectivity index (χ0) is 31.3. The van der Waals surface area contributed by atoms with E-state index in [2.05, 4.69) is 32.5 Å². The largest absolute Gasteiger partial charge is 0.472 e. The Kier molecular flexibility index (Phi) is 8.26. The first kappa shape index (κ1) is 30.7. The molecule has 6 rings (SSSR count). The van der Waals surface area contributed by atoms with Crippen LogP contribution in [0.5, 0.6) is 5.88 Å². The second-order valence-corrected chi connectivity index (χ2v) is 13.6. The fourth-order valence-electron chi connectivity index (χ4n) is 5.98. The van der Waals surface area contributed by atoms with Crippen LogP contribution in [0, 0.1) is 0 Å². The van der Waals surface area contributed by atoms with Crippen molar-refractivity contribution in [3.8, 4) is 16.3 Å². The summed E-state index contributed by atoms with van der Waals surface area (Å²) in [6.45, 7) is 7.95. The molecule has 230 valence electrons. The number of rotatable bonds is 5. The van der Waals surface area contributed by atoms with Crippen LogP contribution in [0.25, 0.3) is 21.3 Å². The molecule has 44 heavy (non-hydrogen) atoms. The molecule has 2 aliphatic heterocycles. The highest BCUT2D eigenvalue weighted by atomic mass is 79.9. The molecule has 14 heteroatoms. The minimum atomic E-state index is -4.69. The van der Waals surface area contributed by atoms with Gasteiger partial charge in [-0.1, -0.05) is 12.6 Å². The second kappa shape index (κ2) is 11.9. The molecule has 1 aromatic carbocycles. The van der Waals surface area contributed by atoms with Crippen LogP contribution in [0.2, 0.25) is 0 Å². The summed E-state index contributed by atoms with van der Waals surface area (Å²) >= 11 is 5.81. The molecule has 0 unspecified atom stereocenters. The Morgan fingerprint density at radius 2 is 1.93 bits per heavy atom. The van der Waals surface area contributed by atoms with Crippen LogP contribution < -0.4 is 15.3 Å². The van der Waals surface area contributed by atoms with Gasteiger partial charge in [0, 0.05) is 73.8 Å². The van der Waals surface area contributed by atoms with E-state index in [4.69, 9.17) is 4.74 Å². The van der Waals surface area contributed by atoms with Crippen LogP contribution in [0.15, 0.2) is 68.7 Å². The van der Waals surface area contributed by atoms with Crippen LogP contribution in [0.1, 0.15) is 19.4 Å². The normalized spacial score (nSPS) is 20.5. The number of thioether (sulfide) groups is 1. The molecule has 1 saturated heterocycles. The molecule has 3 aromatic heterocycles. The highest BCUT2D eigenvalue weighted by molar-refractivity contribution is 9.10. The van der Waals surface area contributed by atoms with Crippen LogP contribution in [0.3, 0.4) is 0 Å². The molecule has 1 amide bonds. The van der Waals surface area contributed by atoms with E-state index in [0.717, 1.165) is 6.07 Å². The Hall–Kier alpha value is -3.36. The summed E-state index contributed by atoms with van der Waals surface area (Å²) in [5.74, 6) is 0.569. The first-order valence-corrected chi connectivity index (χ1v) is 16.5. The van der Waals surface area contributed by atoms with Crippen molar-refractivity contribution in [2.45, 2.75) is 49.7 Å². The van der Waals surface area contributed by atoms with Crippen LogP contribution in [-0.4, -0.2) is 62.4 Å². The van der Waals surface area contributed by atoms with E-state index in [9.17, 15) is 22.8 Å². The number of piperazine rings is 1. The Balaban J connectivity index is 1.58. The standard InChI is InChI=1S/C30H27BrF3N5O3S2/c1-4-24(40)39-16(2)11-37(12-17(39)3)28-20-10-21(30(32,33)34)25(22-9-18(31)14-43-22)27-26(20)38(29(41)36-28)13-19(15-44-27)42-23-7-5-6-8-35-23/h4-10,14,16-17,19H,1,11-13,15H2,2-3H3/t16-,17+,19-/m0/s1. The molecule has 1 fully saturated rings. The van der Waals surface area contributed by atoms with E-state index in [0.29, 0.717) is 25.6 Å². The Bertz CT molecular complexity index is 1800. The third-order valence-electron chi connectivity index (χ3n) is 7.69. The molecule has 0 radical (unpaired) electrons. The van der Waals surface area contributed by atoms with Gasteiger partial charge in [0.25, 0.3) is 0 Å². The van der Waals surface area contributed by atoms with Gasteiger partial charge in [-0.3, -0.25) is 9.36 Å². The van der Waals surface area contributed by atoms with Gasteiger partial charge >= 0.3 is 11.9 Å². The quantitative estimate of drug-likeness (QED) is 0.220. The van der Waals surface area contributed by atoms with Gasteiger partial charge in [-0.15, -0.1) is 23.1 Å². The first-order valence-electron chi connectivity index (χ1n) is 13.8. The number of alkyl halides is 3. The summed E-state index contributed by atoms with van der Waals surface area (Å²) in [4.78, 5) is 39.3. The highest BCUT2D eigenvalue weighted by Crippen LogP contribution is 2.50. The van der Waals surface area contributed by atoms with Gasteiger partial charge in [-0.05, 0) is 54.1 Å². The number of anilines is 1. The molecule has 0 bridgehead atoms. The molecule has 8 nitrogen and oxygen atoms in total. The number of carbonyl (C=O) groups excluding carboxylic acids is 1. The number of nitrogens with zero attached hydrogens (tertiary/aromatic N) is 5. The lowest BCUT2D eigenvalue weighted by Gasteiger charge is -2.44. The predicted molar refractivity (Wildman–Crippen MR) is 170 cm³/mol. The van der Waals surface area contributed by atoms with Crippen molar-refractivity contribution in [3.63, 3.8) is 0 Å². The lowest BCUT2D eigenvalue weighted by Crippen LogP contribution is -2.58. The summed E-state index contributed by atoms with van der Waals surface area (Å²) in [7, 11) is 0. The van der Waals surface area contributed by atoms with Crippen LogP contribution in [-0.2, 0) is 17.5 Å². The zero-order valence-electron chi connectivity index (χ0n) is 23.7. The number of halogens is 4. The van der Waals surface area contributed by atoms with Crippen molar-refractivity contribution in [1.82, 2.24) is 19.4 Å². The van der Waals surface area contributed by atoms with Crippen molar-refractivity contribution >= 4 is 61.7 Å². The Morgan fingerprint density at radius 3 is 2.55 bits per heavy atom. The fraction of sp³-hybridized carbons (Fsp3) is 0.333. The summed E-state index contributed by atoms with van der Waals surface area (Å²) in [5, 5.41) is 1.96. The summed E-state index contributed by atoms with van der Waals surface area (Å²) in [5.41, 5.74) is -0.984. The highest BCUT2D eigenvalue weighted by Gasteiger charge is 2.40. The summed E-state index contributed by atoms with van der Waals surface area (Å²) in [6, 6.07) is 7.40. The number of benzene rings is 1. The van der Waals surface area contributed by atoms with Crippen molar-refractivity contribution in [3.05, 3.63) is 75.1 Å². The topological polar surface area (TPSA) is 80.6 Å². The van der Waals surface area contributed by atoms with Gasteiger partial charge in [0.1, 0.15) is 11.9 Å². The van der Waals surface area contributed by atoms with Gasteiger partial charge in [0.15, 0.2) is 0 Å². The number of ether oxygens (including phenoxy) is 1. The smallest absolute Gasteiger partial charge is 0.417 e. The van der Waals surface area contributed by atoms with E-state index in [1.165, 1.54) is 33.7 Å². The third-order valence-corrected chi connectivity index (χ3v) is 10.6. The molecule has 0 saturated carbocycles. The summed E-state index contributed by atoms with van der Waals surface area (Å²) < 4.78 is 53.0. The predicted octanol–water partition coefficient (Wildman–Crippen LogP) is 6.47. The van der Waals surface area contributed by atoms with Crippen molar-refractivity contribution in [1.29, 1.82) is 0 Å². The maximum absolute atomic E-state index is 14.9. The van der Waals surface area contributed by atoms with E-state index < -0.39 is 23.5 Å². The van der Waals surface area contributed by atoms with E-state index >= 15 is 0 Å². The average molecular weight is 707 g/mol. The van der Waals surface area contributed by atoms with Gasteiger partial charge in [-0.25, -0.2) is 9.78 Å². The van der Waals surface area contributed by atoms with Crippen LogP contribution in [0.4, 0.5) is 19.0 Å². The van der Waals surface area contributed by atoms with Gasteiger partial charge in [-0.2, -0.15) is 18.2 Å². The molecular formula is C30H27BrF3N5O3S2. The molecule has 2 aliphatic rings. The lowest BCUT2D eigenvalue weighted by molar-refractivity contribution is -0.137. The van der Waals surface area contributed by atoms with Crippen molar-refractivity contribution in [2.75, 3.05) is 23.7 Å². The number of aromatic nitrogens is 3. The number of hydrogen-bond acceptors (Lipinski definition) is 8. The minimum absolute atomic E-state index is 0.0256. The maximum Gasteiger partial charge on any atom is 0.417 e. The minimum Gasteiger partial charge on any atom is -0.472 e. The molecule has 0 aliphatic carbocycles. The molecule has 3 atom stereocenters. The van der Waals surface area contributed by atoms with Gasteiger partial charge < -0.3 is 14.5 Å². The van der Waals surface area contributed by atoms with Gasteiger partial charge in [0.2, 0.25) is 11.8 Å². The Labute approximate surface area is 267 Å². The first-order chi connectivity index (χ1) is 21.0. The van der Waals surface area contributed by atoms with Crippen molar-refractivity contribution < 1.29 is 22.7 Å². The second-order valence-electron chi connectivity index (χ2n) is 10.8. The number of thiophene rings is 1. The van der Waals surface area contributed by atoms with E-state index in [1.54, 1.807) is 40.7 Å². The number of carbonyl (C=O) groups is 1. The molecular weight excluding hydrogens is 679 g/mol. The lowest BCUT2D eigenvalue weighted by atomic mass is 10.0. The fourth-order valence-corrected chi connectivity index (χ4v) is 8.79. The SMILES string of the molecule is C=CC(=O)N1[C@H](C)CN(c2nc(=O)n3c4c(c(-c5cc(Br)cs5)c(C(F)(F)F)cc24)SC[C@@H](Oc2ccccn2)C3)C[C@@H]1C. The van der Waals surface area contributed by atoms with E-state index in [1.807, 2.05) is 18.7 Å². The van der Waals surface area contributed by atoms with Gasteiger partial charge in [0.05, 0.1) is 17.6 Å². The zero-order valence-corrected chi connectivity index (χ0v) is 26.9. The number of amides is 1. The Morgan fingerprint density at radius 1 is 1.18 bits per heavy atom. The molecule has 0 N–H and O–H groups in total. The number of hydrogen-bond donors (Lipinski definition) is 0. The van der Waals surface area contributed by atoms with Crippen LogP contribution >= 0.6 is 39.0 Å². The molecule has 4 aromatic rings. The van der Waals surface area contributed by atoms with E-state index in [-0.39, 0.29) is 60.1 Å². The monoisotopic (exact) mass is 705 g/mol. The third kappa shape index (κ3) is 5.63.